The molecule has 0 aliphatic rings. The Morgan fingerprint density at radius 2 is 1.88 bits per heavy atom. The molecule has 0 amide bonds. The van der Waals surface area contributed by atoms with E-state index < -0.39 is 17.2 Å². The summed E-state index contributed by atoms with van der Waals surface area (Å²) in [5, 5.41) is 10.4. The third-order valence-electron chi connectivity index (χ3n) is 5.04. The highest BCUT2D eigenvalue weighted by molar-refractivity contribution is 6.12. The number of aromatic hydroxyl groups is 1. The molecule has 7 heteroatoms. The molecule has 1 aromatic heterocycles. The van der Waals surface area contributed by atoms with Gasteiger partial charge in [-0.1, -0.05) is 31.2 Å². The second kappa shape index (κ2) is 12.4. The third-order valence-corrected chi connectivity index (χ3v) is 5.04. The Morgan fingerprint density at radius 3 is 2.48 bits per heavy atom. The number of allylic oxidation sites excluding steroid dienone is 2. The summed E-state index contributed by atoms with van der Waals surface area (Å²) >= 11 is 0. The van der Waals surface area contributed by atoms with Crippen molar-refractivity contribution >= 4 is 17.8 Å². The summed E-state index contributed by atoms with van der Waals surface area (Å²) in [6, 6.07) is 8.50. The molecular formula is C26H30O7. The zero-order valence-corrected chi connectivity index (χ0v) is 19.4. The first-order valence-electron chi connectivity index (χ1n) is 10.8. The maximum atomic E-state index is 12.8. The predicted octanol–water partition coefficient (Wildman–Crippen LogP) is 5.03. The fourth-order valence-corrected chi connectivity index (χ4v) is 3.16. The van der Waals surface area contributed by atoms with Gasteiger partial charge in [0, 0.05) is 12.0 Å². The Hall–Kier alpha value is -3.61. The van der Waals surface area contributed by atoms with Crippen molar-refractivity contribution in [3.8, 4) is 11.5 Å². The predicted molar refractivity (Wildman–Crippen MR) is 126 cm³/mol. The monoisotopic (exact) mass is 454 g/mol. The molecule has 176 valence electrons. The van der Waals surface area contributed by atoms with E-state index in [9.17, 15) is 19.5 Å². The van der Waals surface area contributed by atoms with E-state index in [-0.39, 0.29) is 23.9 Å². The van der Waals surface area contributed by atoms with Crippen molar-refractivity contribution in [2.75, 3.05) is 13.7 Å². The zero-order valence-electron chi connectivity index (χ0n) is 19.4. The van der Waals surface area contributed by atoms with Gasteiger partial charge in [0.25, 0.3) is 0 Å². The van der Waals surface area contributed by atoms with E-state index in [2.05, 4.69) is 4.74 Å². The van der Waals surface area contributed by atoms with Crippen LogP contribution in [-0.2, 0) is 9.53 Å². The van der Waals surface area contributed by atoms with Gasteiger partial charge in [-0.2, -0.15) is 0 Å². The van der Waals surface area contributed by atoms with Gasteiger partial charge in [-0.15, -0.1) is 0 Å². The van der Waals surface area contributed by atoms with Gasteiger partial charge in [-0.25, -0.2) is 4.79 Å². The van der Waals surface area contributed by atoms with Crippen molar-refractivity contribution in [2.45, 2.75) is 46.0 Å². The van der Waals surface area contributed by atoms with Crippen molar-refractivity contribution in [1.82, 2.24) is 0 Å². The van der Waals surface area contributed by atoms with Crippen molar-refractivity contribution in [3.63, 3.8) is 0 Å². The van der Waals surface area contributed by atoms with E-state index in [1.165, 1.54) is 13.2 Å². The van der Waals surface area contributed by atoms with Crippen LogP contribution in [0, 0.1) is 0 Å². The fourth-order valence-electron chi connectivity index (χ4n) is 3.16. The van der Waals surface area contributed by atoms with Crippen LogP contribution < -0.4 is 10.4 Å². The molecule has 0 radical (unpaired) electrons. The second-order valence-corrected chi connectivity index (χ2v) is 7.59. The van der Waals surface area contributed by atoms with Crippen LogP contribution in [0.25, 0.3) is 6.08 Å². The number of rotatable bonds is 11. The first-order valence-corrected chi connectivity index (χ1v) is 10.8. The van der Waals surface area contributed by atoms with Crippen molar-refractivity contribution in [3.05, 3.63) is 75.4 Å². The Labute approximate surface area is 193 Å². The number of benzene rings is 1. The SMILES string of the molecule is CCOc1ccc(C=C(C)C(=O)c2c(O)cc(C(C)CC/C=C/CC(=O)OC)oc2=O)cc1. The molecule has 1 aromatic carbocycles. The zero-order chi connectivity index (χ0) is 24.4. The molecule has 0 spiro atoms. The molecule has 2 rings (SSSR count). The number of ketones is 1. The lowest BCUT2D eigenvalue weighted by molar-refractivity contribution is -0.139. The van der Waals surface area contributed by atoms with Crippen molar-refractivity contribution < 1.29 is 28.6 Å². The van der Waals surface area contributed by atoms with E-state index in [0.717, 1.165) is 11.3 Å². The van der Waals surface area contributed by atoms with Gasteiger partial charge >= 0.3 is 11.6 Å². The molecule has 0 saturated heterocycles. The van der Waals surface area contributed by atoms with E-state index in [0.29, 0.717) is 30.8 Å². The maximum Gasteiger partial charge on any atom is 0.351 e. The van der Waals surface area contributed by atoms with Gasteiger partial charge in [0.15, 0.2) is 5.78 Å². The molecule has 0 aliphatic carbocycles. The van der Waals surface area contributed by atoms with Crippen LogP contribution in [0.3, 0.4) is 0 Å². The lowest BCUT2D eigenvalue weighted by Crippen LogP contribution is -2.16. The Balaban J connectivity index is 2.11. The van der Waals surface area contributed by atoms with Crippen molar-refractivity contribution in [2.24, 2.45) is 0 Å². The van der Waals surface area contributed by atoms with Crippen LogP contribution in [-0.4, -0.2) is 30.6 Å². The molecule has 33 heavy (non-hydrogen) atoms. The number of ether oxygens (including phenoxy) is 2. The van der Waals surface area contributed by atoms with E-state index >= 15 is 0 Å². The average molecular weight is 455 g/mol. The first kappa shape index (κ1) is 25.6. The minimum Gasteiger partial charge on any atom is -0.507 e. The standard InChI is InChI=1S/C26H30O7/c1-5-32-20-13-11-19(12-14-20)15-18(3)25(29)24-21(27)16-22(33-26(24)30)17(2)9-7-6-8-10-23(28)31-4/h6,8,11-17,27H,5,7,9-10H2,1-4H3/b8-6+,18-15?. The Bertz CT molecular complexity index is 1070. The summed E-state index contributed by atoms with van der Waals surface area (Å²) < 4.78 is 15.3. The largest absolute Gasteiger partial charge is 0.507 e. The summed E-state index contributed by atoms with van der Waals surface area (Å²) in [5.74, 6) is -0.471. The lowest BCUT2D eigenvalue weighted by Gasteiger charge is -2.11. The molecule has 0 saturated carbocycles. The molecule has 1 N–H and O–H groups in total. The van der Waals surface area contributed by atoms with Crippen LogP contribution in [0.4, 0.5) is 0 Å². The van der Waals surface area contributed by atoms with Gasteiger partial charge < -0.3 is 19.0 Å². The fraction of sp³-hybridized carbons (Fsp3) is 0.346. The molecule has 1 unspecified atom stereocenters. The summed E-state index contributed by atoms with van der Waals surface area (Å²) in [6.45, 7) is 5.88. The number of carbonyl (C=O) groups is 2. The quantitative estimate of drug-likeness (QED) is 0.220. The maximum absolute atomic E-state index is 12.8. The first-order chi connectivity index (χ1) is 15.8. The van der Waals surface area contributed by atoms with Crippen LogP contribution in [0.2, 0.25) is 0 Å². The van der Waals surface area contributed by atoms with Crippen LogP contribution in [0.5, 0.6) is 11.5 Å². The lowest BCUT2D eigenvalue weighted by atomic mass is 9.99. The van der Waals surface area contributed by atoms with Gasteiger partial charge in [-0.05, 0) is 56.0 Å². The summed E-state index contributed by atoms with van der Waals surface area (Å²) in [4.78, 5) is 36.4. The molecule has 2 aromatic rings. The number of hydrogen-bond acceptors (Lipinski definition) is 7. The molecular weight excluding hydrogens is 424 g/mol. The highest BCUT2D eigenvalue weighted by Crippen LogP contribution is 2.26. The van der Waals surface area contributed by atoms with Gasteiger partial charge in [0.1, 0.15) is 22.8 Å². The van der Waals surface area contributed by atoms with Crippen LogP contribution in [0.1, 0.15) is 67.6 Å². The Morgan fingerprint density at radius 1 is 1.18 bits per heavy atom. The van der Waals surface area contributed by atoms with Crippen LogP contribution in [0.15, 0.2) is 57.3 Å². The Kier molecular flexibility index (Phi) is 9.66. The minimum atomic E-state index is -0.873. The normalized spacial score (nSPS) is 12.5. The molecule has 0 fully saturated rings. The highest BCUT2D eigenvalue weighted by Gasteiger charge is 2.22. The third kappa shape index (κ3) is 7.49. The molecule has 1 atom stereocenters. The molecule has 0 aliphatic heterocycles. The minimum absolute atomic E-state index is 0.170. The number of Topliss-reactive ketones (excluding diaryl/α,β-unsaturated/α-hetero) is 1. The smallest absolute Gasteiger partial charge is 0.351 e. The number of hydrogen-bond donors (Lipinski definition) is 1. The average Bonchev–Trinajstić information content (AvgIpc) is 2.79. The van der Waals surface area contributed by atoms with Gasteiger partial charge in [-0.3, -0.25) is 9.59 Å². The van der Waals surface area contributed by atoms with Crippen molar-refractivity contribution in [1.29, 1.82) is 0 Å². The van der Waals surface area contributed by atoms with E-state index in [4.69, 9.17) is 9.15 Å². The summed E-state index contributed by atoms with van der Waals surface area (Å²) in [6.07, 6.45) is 6.66. The van der Waals surface area contributed by atoms with E-state index in [1.807, 2.05) is 19.9 Å². The van der Waals surface area contributed by atoms with E-state index in [1.54, 1.807) is 43.3 Å². The van der Waals surface area contributed by atoms with Crippen LogP contribution >= 0.6 is 0 Å². The summed E-state index contributed by atoms with van der Waals surface area (Å²) in [7, 11) is 1.33. The second-order valence-electron chi connectivity index (χ2n) is 7.59. The highest BCUT2D eigenvalue weighted by atomic mass is 16.5. The summed E-state index contributed by atoms with van der Waals surface area (Å²) in [5.41, 5.74) is -0.205. The number of esters is 1. The molecule has 7 nitrogen and oxygen atoms in total. The molecule has 0 bridgehead atoms. The van der Waals surface area contributed by atoms with Gasteiger partial charge in [0.05, 0.1) is 20.1 Å². The number of methoxy groups -OCH3 is 1. The van der Waals surface area contributed by atoms with Gasteiger partial charge in [0.2, 0.25) is 0 Å². The molecule has 1 heterocycles. The topological polar surface area (TPSA) is 103 Å². The number of carbonyl (C=O) groups excluding carboxylic acids is 2.